The number of rotatable bonds is 8. The van der Waals surface area contributed by atoms with Crippen LogP contribution in [0.4, 0.5) is 17.2 Å². The first kappa shape index (κ1) is 21.9. The highest BCUT2D eigenvalue weighted by atomic mass is 35.5. The first-order valence-corrected chi connectivity index (χ1v) is 11.3. The fraction of sp³-hybridized carbons (Fsp3) is 0.542. The molecule has 1 unspecified atom stereocenters. The maximum atomic E-state index is 6.52. The Morgan fingerprint density at radius 1 is 1.17 bits per heavy atom. The van der Waals surface area contributed by atoms with E-state index >= 15 is 0 Å². The standard InChI is InChI=1S/C24H35ClN4/c1-6-8-18(9-7-2)29-13-12-21(26-5)23-22(29)15-17(4)27-24(23)28-20-11-10-16(3)14-19(20)25/h10-11,14-15,18,21,26H,6-9,12-13H2,1-5H3,(H,27,28). The Labute approximate surface area is 181 Å². The summed E-state index contributed by atoms with van der Waals surface area (Å²) in [4.78, 5) is 7.52. The van der Waals surface area contributed by atoms with Crippen LogP contribution in [0.3, 0.4) is 0 Å². The molecule has 1 aromatic carbocycles. The molecule has 0 radical (unpaired) electrons. The Hall–Kier alpha value is -1.78. The first-order valence-electron chi connectivity index (χ1n) is 11.0. The van der Waals surface area contributed by atoms with E-state index in [1.165, 1.54) is 36.9 Å². The third-order valence-corrected chi connectivity index (χ3v) is 6.20. The average Bonchev–Trinajstić information content (AvgIpc) is 2.69. The van der Waals surface area contributed by atoms with Crippen molar-refractivity contribution in [1.29, 1.82) is 0 Å². The van der Waals surface area contributed by atoms with Crippen molar-refractivity contribution in [3.8, 4) is 0 Å². The number of nitrogens with one attached hydrogen (secondary N) is 2. The van der Waals surface area contributed by atoms with Gasteiger partial charge in [-0.3, -0.25) is 0 Å². The van der Waals surface area contributed by atoms with Gasteiger partial charge in [0.2, 0.25) is 0 Å². The Morgan fingerprint density at radius 3 is 2.52 bits per heavy atom. The summed E-state index contributed by atoms with van der Waals surface area (Å²) in [6.07, 6.45) is 5.95. The van der Waals surface area contributed by atoms with Crippen LogP contribution in [-0.2, 0) is 0 Å². The van der Waals surface area contributed by atoms with Crippen molar-refractivity contribution in [2.24, 2.45) is 0 Å². The summed E-state index contributed by atoms with van der Waals surface area (Å²) in [7, 11) is 2.04. The molecule has 0 aliphatic carbocycles. The van der Waals surface area contributed by atoms with E-state index in [0.717, 1.165) is 40.8 Å². The molecule has 0 saturated carbocycles. The van der Waals surface area contributed by atoms with Gasteiger partial charge in [0, 0.05) is 35.6 Å². The van der Waals surface area contributed by atoms with Crippen molar-refractivity contribution in [3.63, 3.8) is 0 Å². The second kappa shape index (κ2) is 9.82. The van der Waals surface area contributed by atoms with Gasteiger partial charge in [-0.05, 0) is 63.9 Å². The number of fused-ring (bicyclic) bond motifs is 1. The van der Waals surface area contributed by atoms with E-state index in [2.05, 4.69) is 55.4 Å². The molecule has 1 aromatic heterocycles. The largest absolute Gasteiger partial charge is 0.368 e. The van der Waals surface area contributed by atoms with E-state index in [1.54, 1.807) is 0 Å². The Bertz CT molecular complexity index is 830. The molecule has 2 heterocycles. The number of hydrogen-bond acceptors (Lipinski definition) is 4. The molecular formula is C24H35ClN4. The fourth-order valence-electron chi connectivity index (χ4n) is 4.51. The number of aromatic nitrogens is 1. The zero-order valence-electron chi connectivity index (χ0n) is 18.5. The quantitative estimate of drug-likeness (QED) is 0.514. The van der Waals surface area contributed by atoms with E-state index in [0.29, 0.717) is 6.04 Å². The molecule has 1 aliphatic rings. The molecule has 4 nitrogen and oxygen atoms in total. The summed E-state index contributed by atoms with van der Waals surface area (Å²) >= 11 is 6.52. The van der Waals surface area contributed by atoms with Gasteiger partial charge < -0.3 is 15.5 Å². The lowest BCUT2D eigenvalue weighted by Crippen LogP contribution is -2.42. The van der Waals surface area contributed by atoms with Crippen molar-refractivity contribution < 1.29 is 0 Å². The second-order valence-corrected chi connectivity index (χ2v) is 8.62. The summed E-state index contributed by atoms with van der Waals surface area (Å²) in [5.74, 6) is 0.918. The SMILES string of the molecule is CCCC(CCC)N1CCC(NC)c2c1cc(C)nc2Nc1ccc(C)cc1Cl. The van der Waals surface area contributed by atoms with Crippen molar-refractivity contribution >= 4 is 28.8 Å². The number of anilines is 3. The number of pyridine rings is 1. The van der Waals surface area contributed by atoms with E-state index < -0.39 is 0 Å². The molecule has 2 N–H and O–H groups in total. The van der Waals surface area contributed by atoms with Crippen LogP contribution in [0.25, 0.3) is 0 Å². The van der Waals surface area contributed by atoms with Gasteiger partial charge in [0.05, 0.1) is 10.7 Å². The van der Waals surface area contributed by atoms with Crippen molar-refractivity contribution in [2.45, 2.75) is 71.9 Å². The summed E-state index contributed by atoms with van der Waals surface area (Å²) in [6, 6.07) is 9.24. The number of nitrogens with zero attached hydrogens (tertiary/aromatic N) is 2. The number of aryl methyl sites for hydroxylation is 2. The van der Waals surface area contributed by atoms with E-state index in [9.17, 15) is 0 Å². The molecule has 0 fully saturated rings. The van der Waals surface area contributed by atoms with Gasteiger partial charge in [-0.1, -0.05) is 44.4 Å². The normalized spacial score (nSPS) is 16.2. The summed E-state index contributed by atoms with van der Waals surface area (Å²) in [5, 5.41) is 7.79. The summed E-state index contributed by atoms with van der Waals surface area (Å²) in [5.41, 5.74) is 5.67. The maximum Gasteiger partial charge on any atom is 0.137 e. The van der Waals surface area contributed by atoms with Gasteiger partial charge in [-0.15, -0.1) is 0 Å². The van der Waals surface area contributed by atoms with Crippen LogP contribution in [0.1, 0.15) is 68.8 Å². The van der Waals surface area contributed by atoms with E-state index in [1.807, 2.05) is 19.2 Å². The molecule has 2 aromatic rings. The molecule has 5 heteroatoms. The molecular weight excluding hydrogens is 380 g/mol. The van der Waals surface area contributed by atoms with Crippen LogP contribution in [0, 0.1) is 13.8 Å². The smallest absolute Gasteiger partial charge is 0.137 e. The van der Waals surface area contributed by atoms with Crippen LogP contribution in [0.5, 0.6) is 0 Å². The summed E-state index contributed by atoms with van der Waals surface area (Å²) < 4.78 is 0. The number of halogens is 1. The van der Waals surface area contributed by atoms with Gasteiger partial charge in [-0.25, -0.2) is 4.98 Å². The lowest BCUT2D eigenvalue weighted by atomic mass is 9.93. The van der Waals surface area contributed by atoms with Crippen LogP contribution < -0.4 is 15.5 Å². The Morgan fingerprint density at radius 2 is 1.90 bits per heavy atom. The monoisotopic (exact) mass is 414 g/mol. The molecule has 0 saturated heterocycles. The third kappa shape index (κ3) is 4.87. The van der Waals surface area contributed by atoms with Gasteiger partial charge in [-0.2, -0.15) is 0 Å². The molecule has 0 amide bonds. The fourth-order valence-corrected chi connectivity index (χ4v) is 4.80. The maximum absolute atomic E-state index is 6.52. The van der Waals surface area contributed by atoms with Gasteiger partial charge in [0.15, 0.2) is 0 Å². The van der Waals surface area contributed by atoms with Crippen LogP contribution in [-0.4, -0.2) is 24.6 Å². The summed E-state index contributed by atoms with van der Waals surface area (Å²) in [6.45, 7) is 9.79. The van der Waals surface area contributed by atoms with Gasteiger partial charge >= 0.3 is 0 Å². The minimum absolute atomic E-state index is 0.282. The predicted molar refractivity (Wildman–Crippen MR) is 126 cm³/mol. The molecule has 3 rings (SSSR count). The van der Waals surface area contributed by atoms with Crippen LogP contribution >= 0.6 is 11.6 Å². The van der Waals surface area contributed by atoms with Gasteiger partial charge in [0.25, 0.3) is 0 Å². The minimum atomic E-state index is 0.282. The van der Waals surface area contributed by atoms with Gasteiger partial charge in [0.1, 0.15) is 5.82 Å². The molecule has 0 spiro atoms. The molecule has 0 bridgehead atoms. The Kier molecular flexibility index (Phi) is 7.42. The highest BCUT2D eigenvalue weighted by Crippen LogP contribution is 2.42. The van der Waals surface area contributed by atoms with E-state index in [4.69, 9.17) is 16.6 Å². The van der Waals surface area contributed by atoms with E-state index in [-0.39, 0.29) is 6.04 Å². The lowest BCUT2D eigenvalue weighted by molar-refractivity contribution is 0.448. The zero-order chi connectivity index (χ0) is 21.0. The third-order valence-electron chi connectivity index (χ3n) is 5.89. The second-order valence-electron chi connectivity index (χ2n) is 8.21. The van der Waals surface area contributed by atoms with Crippen molar-refractivity contribution in [3.05, 3.63) is 46.1 Å². The number of benzene rings is 1. The predicted octanol–water partition coefficient (Wildman–Crippen LogP) is 6.53. The van der Waals surface area contributed by atoms with Crippen LogP contribution in [0.15, 0.2) is 24.3 Å². The molecule has 158 valence electrons. The average molecular weight is 415 g/mol. The van der Waals surface area contributed by atoms with Crippen LogP contribution in [0.2, 0.25) is 5.02 Å². The molecule has 29 heavy (non-hydrogen) atoms. The zero-order valence-corrected chi connectivity index (χ0v) is 19.2. The first-order chi connectivity index (χ1) is 14.0. The van der Waals surface area contributed by atoms with Crippen molar-refractivity contribution in [2.75, 3.05) is 23.8 Å². The highest BCUT2D eigenvalue weighted by Gasteiger charge is 2.31. The topological polar surface area (TPSA) is 40.2 Å². The molecule has 1 aliphatic heterocycles. The molecule has 1 atom stereocenters. The highest BCUT2D eigenvalue weighted by molar-refractivity contribution is 6.33. The number of hydrogen-bond donors (Lipinski definition) is 2. The van der Waals surface area contributed by atoms with Crippen molar-refractivity contribution in [1.82, 2.24) is 10.3 Å². The Balaban J connectivity index is 2.07. The lowest BCUT2D eigenvalue weighted by Gasteiger charge is -2.41. The minimum Gasteiger partial charge on any atom is -0.368 e.